The summed E-state index contributed by atoms with van der Waals surface area (Å²) >= 11 is 0.813. The Balaban J connectivity index is 2.65. The topological polar surface area (TPSA) is 0 Å². The third-order valence-corrected chi connectivity index (χ3v) is 3.56. The first-order chi connectivity index (χ1) is 4.91. The fourth-order valence-electron chi connectivity index (χ4n) is 1.06. The molecule has 0 fully saturated rings. The quantitative estimate of drug-likeness (QED) is 0.390. The molecule has 0 aliphatic rings. The molecule has 0 radical (unpaired) electrons. The molecule has 0 heterocycles. The van der Waals surface area contributed by atoms with Crippen LogP contribution in [0.5, 0.6) is 0 Å². The molecule has 0 aromatic heterocycles. The van der Waals surface area contributed by atoms with E-state index in [4.69, 9.17) is 0 Å². The summed E-state index contributed by atoms with van der Waals surface area (Å²) in [7, 11) is 0. The van der Waals surface area contributed by atoms with Crippen molar-refractivity contribution >= 4 is 15.2 Å². The molecule has 0 saturated carbocycles. The van der Waals surface area contributed by atoms with E-state index in [-0.39, 0.29) is 0 Å². The molecule has 0 spiro atoms. The second-order valence-corrected chi connectivity index (χ2v) is 4.66. The van der Waals surface area contributed by atoms with E-state index in [1.54, 1.807) is 5.28 Å². The van der Waals surface area contributed by atoms with Gasteiger partial charge in [-0.3, -0.25) is 0 Å². The maximum atomic E-state index is 2.29. The zero-order valence-corrected chi connectivity index (χ0v) is 8.68. The van der Waals surface area contributed by atoms with E-state index in [1.165, 1.54) is 37.4 Å². The van der Waals surface area contributed by atoms with Crippen molar-refractivity contribution < 1.29 is 0 Å². The van der Waals surface area contributed by atoms with Crippen LogP contribution in [0.4, 0.5) is 0 Å². The molecule has 10 heavy (non-hydrogen) atoms. The van der Waals surface area contributed by atoms with Crippen molar-refractivity contribution in [1.82, 2.24) is 0 Å². The fraction of sp³-hybridized carbons (Fsp3) is 1.00. The van der Waals surface area contributed by atoms with E-state index < -0.39 is 0 Å². The summed E-state index contributed by atoms with van der Waals surface area (Å²) in [6, 6.07) is 0. The molecule has 0 unspecified atom stereocenters. The van der Waals surface area contributed by atoms with Crippen LogP contribution in [-0.4, -0.2) is 15.2 Å². The fourth-order valence-corrected chi connectivity index (χ4v) is 2.34. The molecule has 1 heteroatoms. The Kier molecular flexibility index (Phi) is 10.0. The molecule has 0 aliphatic heterocycles. The van der Waals surface area contributed by atoms with Crippen LogP contribution in [0.25, 0.3) is 0 Å². The molecule has 0 aromatic rings. The zero-order chi connectivity index (χ0) is 7.66. The van der Waals surface area contributed by atoms with E-state index in [2.05, 4.69) is 13.8 Å². The van der Waals surface area contributed by atoms with Crippen molar-refractivity contribution in [1.29, 1.82) is 0 Å². The van der Waals surface area contributed by atoms with E-state index >= 15 is 0 Å². The maximum absolute atomic E-state index is 2.29. The van der Waals surface area contributed by atoms with E-state index in [0.717, 1.165) is 15.2 Å². The molecule has 0 aliphatic carbocycles. The molecular formula is C9H20Al+. The number of rotatable bonds is 7. The van der Waals surface area contributed by atoms with Gasteiger partial charge in [0, 0.05) is 0 Å². The molecule has 0 saturated heterocycles. The molecule has 0 amide bonds. The second-order valence-electron chi connectivity index (χ2n) is 2.93. The predicted octanol–water partition coefficient (Wildman–Crippen LogP) is 3.52. The zero-order valence-electron chi connectivity index (χ0n) is 7.53. The van der Waals surface area contributed by atoms with Gasteiger partial charge in [0.05, 0.1) is 0 Å². The summed E-state index contributed by atoms with van der Waals surface area (Å²) < 4.78 is 0. The molecule has 0 N–H and O–H groups in total. The Morgan fingerprint density at radius 2 is 1.60 bits per heavy atom. The molecule has 0 rings (SSSR count). The van der Waals surface area contributed by atoms with Crippen molar-refractivity contribution in [2.75, 3.05) is 0 Å². The van der Waals surface area contributed by atoms with Gasteiger partial charge in [-0.25, -0.2) is 0 Å². The van der Waals surface area contributed by atoms with Gasteiger partial charge < -0.3 is 0 Å². The average Bonchev–Trinajstić information content (AvgIpc) is 1.97. The summed E-state index contributed by atoms with van der Waals surface area (Å²) in [5, 5.41) is 3.07. The van der Waals surface area contributed by atoms with Gasteiger partial charge >= 0.3 is 71.7 Å². The van der Waals surface area contributed by atoms with E-state index in [9.17, 15) is 0 Å². The number of hydrogen-bond donors (Lipinski definition) is 0. The minimum atomic E-state index is 0.813. The summed E-state index contributed by atoms with van der Waals surface area (Å²) in [6.45, 7) is 4.57. The van der Waals surface area contributed by atoms with Crippen LogP contribution >= 0.6 is 0 Å². The van der Waals surface area contributed by atoms with Gasteiger partial charge in [-0.1, -0.05) is 0 Å². The Labute approximate surface area is 72.1 Å². The van der Waals surface area contributed by atoms with Gasteiger partial charge in [0.2, 0.25) is 0 Å². The Morgan fingerprint density at radius 1 is 0.800 bits per heavy atom. The van der Waals surface area contributed by atoms with Crippen LogP contribution in [0, 0.1) is 0 Å². The molecule has 58 valence electrons. The van der Waals surface area contributed by atoms with Crippen LogP contribution in [0.2, 0.25) is 10.6 Å². The van der Waals surface area contributed by atoms with Gasteiger partial charge in [0.1, 0.15) is 0 Å². The Hall–Kier alpha value is 0.532. The van der Waals surface area contributed by atoms with Crippen molar-refractivity contribution in [3.63, 3.8) is 0 Å². The Bertz CT molecular complexity index is 44.7. The van der Waals surface area contributed by atoms with Gasteiger partial charge in [-0.15, -0.1) is 0 Å². The predicted molar refractivity (Wildman–Crippen MR) is 49.8 cm³/mol. The summed E-state index contributed by atoms with van der Waals surface area (Å²) in [6.07, 6.45) is 7.22. The normalized spacial score (nSPS) is 9.40. The number of unbranched alkanes of at least 4 members (excludes halogenated alkanes) is 3. The van der Waals surface area contributed by atoms with Crippen LogP contribution in [-0.2, 0) is 0 Å². The third-order valence-electron chi connectivity index (χ3n) is 1.75. The van der Waals surface area contributed by atoms with Crippen molar-refractivity contribution in [2.24, 2.45) is 0 Å². The molecule has 0 bridgehead atoms. The first kappa shape index (κ1) is 10.5. The molecular weight excluding hydrogens is 135 g/mol. The van der Waals surface area contributed by atoms with Crippen LogP contribution < -0.4 is 0 Å². The van der Waals surface area contributed by atoms with Crippen LogP contribution in [0.3, 0.4) is 0 Å². The first-order valence-electron chi connectivity index (χ1n) is 4.73. The van der Waals surface area contributed by atoms with Crippen molar-refractivity contribution in [3.8, 4) is 0 Å². The van der Waals surface area contributed by atoms with Crippen LogP contribution in [0.15, 0.2) is 0 Å². The minimum absolute atomic E-state index is 0.813. The average molecular weight is 155 g/mol. The first-order valence-corrected chi connectivity index (χ1v) is 6.36. The van der Waals surface area contributed by atoms with Gasteiger partial charge in [-0.05, 0) is 0 Å². The third kappa shape index (κ3) is 8.53. The Morgan fingerprint density at radius 3 is 2.20 bits per heavy atom. The van der Waals surface area contributed by atoms with Gasteiger partial charge in [0.25, 0.3) is 0 Å². The summed E-state index contributed by atoms with van der Waals surface area (Å²) in [5.41, 5.74) is 0. The summed E-state index contributed by atoms with van der Waals surface area (Å²) in [5.74, 6) is 0. The van der Waals surface area contributed by atoms with E-state index in [0.29, 0.717) is 0 Å². The monoisotopic (exact) mass is 155 g/mol. The molecule has 0 aromatic carbocycles. The van der Waals surface area contributed by atoms with Gasteiger partial charge in [0.15, 0.2) is 0 Å². The van der Waals surface area contributed by atoms with Gasteiger partial charge in [-0.2, -0.15) is 0 Å². The molecule has 0 atom stereocenters. The van der Waals surface area contributed by atoms with Crippen molar-refractivity contribution in [2.45, 2.75) is 56.5 Å². The standard InChI is InChI=1S/C6H13.C3H7.Al/c1-3-5-6-4-2;1-3-2;/h1,3-6H2,2H3;1,3H2,2H3;/q;;+1. The number of hydrogen-bond acceptors (Lipinski definition) is 0. The van der Waals surface area contributed by atoms with Crippen molar-refractivity contribution in [3.05, 3.63) is 0 Å². The second kappa shape index (κ2) is 9.53. The SMILES string of the molecule is CCCCC[CH2][Al+][CH2]CC. The van der Waals surface area contributed by atoms with Crippen LogP contribution in [0.1, 0.15) is 46.0 Å². The summed E-state index contributed by atoms with van der Waals surface area (Å²) in [4.78, 5) is 0. The van der Waals surface area contributed by atoms with E-state index in [1.807, 2.05) is 0 Å². The molecule has 0 nitrogen and oxygen atoms in total.